The molecule has 4 nitrogen and oxygen atoms in total. The van der Waals surface area contributed by atoms with Gasteiger partial charge in [-0.1, -0.05) is 6.42 Å². The average molecular weight is 220 g/mol. The number of likely N-dealkylation sites (tertiary alicyclic amines) is 1. The van der Waals surface area contributed by atoms with Crippen molar-refractivity contribution in [2.24, 2.45) is 0 Å². The minimum absolute atomic E-state index is 0.571. The molecule has 1 aliphatic heterocycles. The molecule has 1 aromatic heterocycles. The standard InChI is InChI=1S/C12H20N4/c1-16-7-3-2-4-11(16)9-15-10-5-6-14-12(13)8-10/h5-6,8,11H,2-4,7,9H2,1H3,(H3,13,14,15). The number of nitrogens with two attached hydrogens (primary N) is 1. The van der Waals surface area contributed by atoms with E-state index < -0.39 is 0 Å². The van der Waals surface area contributed by atoms with E-state index in [1.165, 1.54) is 25.8 Å². The van der Waals surface area contributed by atoms with Gasteiger partial charge in [0.25, 0.3) is 0 Å². The summed E-state index contributed by atoms with van der Waals surface area (Å²) in [7, 11) is 2.20. The molecule has 2 rings (SSSR count). The van der Waals surface area contributed by atoms with Crippen LogP contribution < -0.4 is 11.1 Å². The molecule has 16 heavy (non-hydrogen) atoms. The second-order valence-electron chi connectivity index (χ2n) is 4.48. The first kappa shape index (κ1) is 11.2. The Morgan fingerprint density at radius 2 is 2.44 bits per heavy atom. The number of piperidine rings is 1. The van der Waals surface area contributed by atoms with Gasteiger partial charge in [-0.15, -0.1) is 0 Å². The van der Waals surface area contributed by atoms with Crippen molar-refractivity contribution in [1.29, 1.82) is 0 Å². The van der Waals surface area contributed by atoms with E-state index in [-0.39, 0.29) is 0 Å². The number of nitrogens with one attached hydrogen (secondary N) is 1. The summed E-state index contributed by atoms with van der Waals surface area (Å²) in [6.07, 6.45) is 5.69. The fourth-order valence-corrected chi connectivity index (χ4v) is 2.20. The van der Waals surface area contributed by atoms with Crippen LogP contribution in [0.15, 0.2) is 18.3 Å². The normalized spacial score (nSPS) is 21.9. The second kappa shape index (κ2) is 5.16. The molecule has 1 fully saturated rings. The molecule has 0 saturated carbocycles. The van der Waals surface area contributed by atoms with Crippen LogP contribution in [-0.2, 0) is 0 Å². The van der Waals surface area contributed by atoms with Gasteiger partial charge >= 0.3 is 0 Å². The zero-order chi connectivity index (χ0) is 11.4. The van der Waals surface area contributed by atoms with Crippen molar-refractivity contribution in [3.63, 3.8) is 0 Å². The van der Waals surface area contributed by atoms with Crippen LogP contribution in [0.5, 0.6) is 0 Å². The monoisotopic (exact) mass is 220 g/mol. The molecule has 0 bridgehead atoms. The van der Waals surface area contributed by atoms with Crippen molar-refractivity contribution >= 4 is 11.5 Å². The Kier molecular flexibility index (Phi) is 3.62. The van der Waals surface area contributed by atoms with Gasteiger partial charge in [0.1, 0.15) is 5.82 Å². The average Bonchev–Trinajstić information content (AvgIpc) is 2.28. The number of hydrogen-bond donors (Lipinski definition) is 2. The molecule has 0 spiro atoms. The van der Waals surface area contributed by atoms with Gasteiger partial charge < -0.3 is 16.0 Å². The van der Waals surface area contributed by atoms with E-state index in [1.54, 1.807) is 6.20 Å². The van der Waals surface area contributed by atoms with Crippen LogP contribution in [0.25, 0.3) is 0 Å². The highest BCUT2D eigenvalue weighted by atomic mass is 15.2. The van der Waals surface area contributed by atoms with Crippen LogP contribution in [0.1, 0.15) is 19.3 Å². The highest BCUT2D eigenvalue weighted by Gasteiger charge is 2.18. The smallest absolute Gasteiger partial charge is 0.125 e. The highest BCUT2D eigenvalue weighted by Crippen LogP contribution is 2.16. The lowest BCUT2D eigenvalue weighted by Gasteiger charge is -2.32. The number of nitrogens with zero attached hydrogens (tertiary/aromatic N) is 2. The van der Waals surface area contributed by atoms with E-state index in [4.69, 9.17) is 5.73 Å². The van der Waals surface area contributed by atoms with E-state index >= 15 is 0 Å². The van der Waals surface area contributed by atoms with E-state index in [1.807, 2.05) is 12.1 Å². The van der Waals surface area contributed by atoms with Crippen LogP contribution in [0, 0.1) is 0 Å². The number of rotatable bonds is 3. The molecule has 0 radical (unpaired) electrons. The summed E-state index contributed by atoms with van der Waals surface area (Å²) in [6.45, 7) is 2.20. The maximum Gasteiger partial charge on any atom is 0.125 e. The Morgan fingerprint density at radius 1 is 1.56 bits per heavy atom. The van der Waals surface area contributed by atoms with Gasteiger partial charge in [-0.3, -0.25) is 0 Å². The predicted octanol–water partition coefficient (Wildman–Crippen LogP) is 1.56. The molecule has 0 aromatic carbocycles. The van der Waals surface area contributed by atoms with Crippen LogP contribution in [-0.4, -0.2) is 36.1 Å². The molecule has 1 saturated heterocycles. The topological polar surface area (TPSA) is 54.2 Å². The Labute approximate surface area is 96.8 Å². The van der Waals surface area contributed by atoms with Crippen molar-refractivity contribution in [2.75, 3.05) is 31.2 Å². The van der Waals surface area contributed by atoms with Gasteiger partial charge in [0.15, 0.2) is 0 Å². The molecule has 2 heterocycles. The minimum Gasteiger partial charge on any atom is -0.384 e. The maximum atomic E-state index is 5.63. The van der Waals surface area contributed by atoms with Gasteiger partial charge in [-0.2, -0.15) is 0 Å². The molecule has 1 aliphatic rings. The van der Waals surface area contributed by atoms with Gasteiger partial charge in [0, 0.05) is 30.5 Å². The van der Waals surface area contributed by atoms with E-state index in [0.717, 1.165) is 12.2 Å². The van der Waals surface area contributed by atoms with Gasteiger partial charge in [0.05, 0.1) is 0 Å². The molecule has 4 heteroatoms. The first-order chi connectivity index (χ1) is 7.75. The third-order valence-electron chi connectivity index (χ3n) is 3.24. The highest BCUT2D eigenvalue weighted by molar-refractivity contribution is 5.49. The number of likely N-dealkylation sites (N-methyl/N-ethyl adjacent to an activating group) is 1. The number of pyridine rings is 1. The largest absolute Gasteiger partial charge is 0.384 e. The zero-order valence-electron chi connectivity index (χ0n) is 9.82. The summed E-state index contributed by atoms with van der Waals surface area (Å²) in [5, 5.41) is 3.42. The molecule has 0 aliphatic carbocycles. The summed E-state index contributed by atoms with van der Waals surface area (Å²) >= 11 is 0. The number of aromatic nitrogens is 1. The van der Waals surface area contributed by atoms with Crippen molar-refractivity contribution in [3.05, 3.63) is 18.3 Å². The molecule has 1 unspecified atom stereocenters. The molecular weight excluding hydrogens is 200 g/mol. The first-order valence-electron chi connectivity index (χ1n) is 5.91. The van der Waals surface area contributed by atoms with Crippen molar-refractivity contribution < 1.29 is 0 Å². The van der Waals surface area contributed by atoms with Crippen molar-refractivity contribution in [1.82, 2.24) is 9.88 Å². The third kappa shape index (κ3) is 2.85. The molecule has 0 amide bonds. The first-order valence-corrected chi connectivity index (χ1v) is 5.91. The molecule has 88 valence electrons. The van der Waals surface area contributed by atoms with E-state index in [2.05, 4.69) is 22.2 Å². The lowest BCUT2D eigenvalue weighted by atomic mass is 10.0. The maximum absolute atomic E-state index is 5.63. The van der Waals surface area contributed by atoms with Crippen LogP contribution in [0.4, 0.5) is 11.5 Å². The SMILES string of the molecule is CN1CCCCC1CNc1ccnc(N)c1. The predicted molar refractivity (Wildman–Crippen MR) is 67.4 cm³/mol. The molecule has 1 aromatic rings. The Hall–Kier alpha value is -1.29. The number of nitrogen functional groups attached to an aromatic ring is 1. The lowest BCUT2D eigenvalue weighted by Crippen LogP contribution is -2.40. The summed E-state index contributed by atoms with van der Waals surface area (Å²) in [5.74, 6) is 0.571. The molecular formula is C12H20N4. The third-order valence-corrected chi connectivity index (χ3v) is 3.24. The minimum atomic E-state index is 0.571. The molecule has 3 N–H and O–H groups in total. The van der Waals surface area contributed by atoms with E-state index in [9.17, 15) is 0 Å². The lowest BCUT2D eigenvalue weighted by molar-refractivity contribution is 0.194. The zero-order valence-corrected chi connectivity index (χ0v) is 9.82. The van der Waals surface area contributed by atoms with E-state index in [0.29, 0.717) is 11.9 Å². The Morgan fingerprint density at radius 3 is 3.19 bits per heavy atom. The van der Waals surface area contributed by atoms with Crippen LogP contribution in [0.2, 0.25) is 0 Å². The summed E-state index contributed by atoms with van der Waals surface area (Å²) in [6, 6.07) is 4.48. The Balaban J connectivity index is 1.86. The van der Waals surface area contributed by atoms with Gasteiger partial charge in [0.2, 0.25) is 0 Å². The second-order valence-corrected chi connectivity index (χ2v) is 4.48. The Bertz CT molecular complexity index is 340. The quantitative estimate of drug-likeness (QED) is 0.811. The summed E-state index contributed by atoms with van der Waals surface area (Å²) in [5.41, 5.74) is 6.69. The number of anilines is 2. The fourth-order valence-electron chi connectivity index (χ4n) is 2.20. The van der Waals surface area contributed by atoms with Crippen molar-refractivity contribution in [2.45, 2.75) is 25.3 Å². The van der Waals surface area contributed by atoms with Gasteiger partial charge in [-0.05, 0) is 32.5 Å². The number of hydrogen-bond acceptors (Lipinski definition) is 4. The fraction of sp³-hybridized carbons (Fsp3) is 0.583. The van der Waals surface area contributed by atoms with Crippen LogP contribution in [0.3, 0.4) is 0 Å². The molecule has 1 atom stereocenters. The summed E-state index contributed by atoms with van der Waals surface area (Å²) < 4.78 is 0. The van der Waals surface area contributed by atoms with Crippen LogP contribution >= 0.6 is 0 Å². The van der Waals surface area contributed by atoms with Gasteiger partial charge in [-0.25, -0.2) is 4.98 Å². The summed E-state index contributed by atoms with van der Waals surface area (Å²) in [4.78, 5) is 6.41. The van der Waals surface area contributed by atoms with Crippen molar-refractivity contribution in [3.8, 4) is 0 Å².